The maximum atomic E-state index is 12.5. The van der Waals surface area contributed by atoms with Gasteiger partial charge in [0.2, 0.25) is 5.91 Å². The van der Waals surface area contributed by atoms with Crippen LogP contribution in [0.25, 0.3) is 21.3 Å². The van der Waals surface area contributed by atoms with Crippen LogP contribution in [0.1, 0.15) is 24.6 Å². The van der Waals surface area contributed by atoms with E-state index in [2.05, 4.69) is 25.8 Å². The van der Waals surface area contributed by atoms with Crippen molar-refractivity contribution in [3.05, 3.63) is 52.9 Å². The number of anilines is 1. The number of thiophene rings is 1. The number of aromatic nitrogens is 5. The van der Waals surface area contributed by atoms with Crippen molar-refractivity contribution in [1.82, 2.24) is 25.2 Å². The van der Waals surface area contributed by atoms with Crippen LogP contribution in [-0.4, -0.2) is 31.1 Å². The van der Waals surface area contributed by atoms with Gasteiger partial charge in [-0.25, -0.2) is 9.67 Å². The normalized spacial score (nSPS) is 13.6. The van der Waals surface area contributed by atoms with E-state index in [1.807, 2.05) is 51.8 Å². The minimum atomic E-state index is -0.0954. The minimum absolute atomic E-state index is 0.0954. The van der Waals surface area contributed by atoms with Gasteiger partial charge >= 0.3 is 0 Å². The van der Waals surface area contributed by atoms with Crippen LogP contribution in [0.4, 0.5) is 5.69 Å². The second kappa shape index (κ2) is 7.25. The molecule has 1 aliphatic carbocycles. The predicted molar refractivity (Wildman–Crippen MR) is 109 cm³/mol. The Labute approximate surface area is 169 Å². The Hall–Kier alpha value is -2.91. The topological polar surface area (TPSA) is 85.6 Å². The van der Waals surface area contributed by atoms with Crippen molar-refractivity contribution < 1.29 is 4.79 Å². The number of rotatable bonds is 6. The van der Waals surface area contributed by atoms with E-state index >= 15 is 0 Å². The van der Waals surface area contributed by atoms with Gasteiger partial charge < -0.3 is 5.32 Å². The van der Waals surface area contributed by atoms with Crippen molar-refractivity contribution in [3.63, 3.8) is 0 Å². The first-order chi connectivity index (χ1) is 13.8. The smallest absolute Gasteiger partial charge is 0.230 e. The fraction of sp³-hybridized carbons (Fsp3) is 0.211. The average molecular weight is 409 g/mol. The largest absolute Gasteiger partial charge is 0.326 e. The fourth-order valence-electron chi connectivity index (χ4n) is 2.96. The van der Waals surface area contributed by atoms with Gasteiger partial charge in [-0.2, -0.15) is 0 Å². The van der Waals surface area contributed by atoms with E-state index < -0.39 is 0 Å². The van der Waals surface area contributed by atoms with Crippen LogP contribution in [0, 0.1) is 0 Å². The summed E-state index contributed by atoms with van der Waals surface area (Å²) in [6, 6.07) is 12.0. The van der Waals surface area contributed by atoms with Crippen molar-refractivity contribution in [2.24, 2.45) is 0 Å². The SMILES string of the molecule is O=C(Cc1csc(-c2cccs2)n1)Nc1cccc(-c2nnnn2C2CC2)c1. The first-order valence-corrected chi connectivity index (χ1v) is 10.7. The van der Waals surface area contributed by atoms with Crippen molar-refractivity contribution >= 4 is 34.3 Å². The summed E-state index contributed by atoms with van der Waals surface area (Å²) in [4.78, 5) is 18.2. The van der Waals surface area contributed by atoms with Gasteiger partial charge in [-0.15, -0.1) is 27.8 Å². The molecule has 3 aromatic heterocycles. The summed E-state index contributed by atoms with van der Waals surface area (Å²) in [5, 5.41) is 19.9. The van der Waals surface area contributed by atoms with Gasteiger partial charge in [-0.1, -0.05) is 18.2 Å². The summed E-state index contributed by atoms with van der Waals surface area (Å²) < 4.78 is 1.86. The third kappa shape index (κ3) is 3.58. The number of hydrogen-bond acceptors (Lipinski definition) is 7. The van der Waals surface area contributed by atoms with Crippen LogP contribution >= 0.6 is 22.7 Å². The van der Waals surface area contributed by atoms with Crippen LogP contribution in [0.5, 0.6) is 0 Å². The Kier molecular flexibility index (Phi) is 4.46. The summed E-state index contributed by atoms with van der Waals surface area (Å²) in [7, 11) is 0. The molecular weight excluding hydrogens is 392 g/mol. The van der Waals surface area contributed by atoms with Crippen LogP contribution < -0.4 is 5.32 Å². The summed E-state index contributed by atoms with van der Waals surface area (Å²) >= 11 is 3.21. The highest BCUT2D eigenvalue weighted by Crippen LogP contribution is 2.36. The molecule has 1 fully saturated rings. The Bertz CT molecular complexity index is 1110. The van der Waals surface area contributed by atoms with E-state index in [1.165, 1.54) is 0 Å². The first kappa shape index (κ1) is 17.2. The molecule has 28 heavy (non-hydrogen) atoms. The molecule has 0 radical (unpaired) electrons. The molecule has 5 rings (SSSR count). The van der Waals surface area contributed by atoms with Gasteiger partial charge in [0.15, 0.2) is 5.82 Å². The van der Waals surface area contributed by atoms with E-state index in [9.17, 15) is 4.79 Å². The third-order valence-corrected chi connectivity index (χ3v) is 6.35. The quantitative estimate of drug-likeness (QED) is 0.520. The van der Waals surface area contributed by atoms with Crippen molar-refractivity contribution in [2.45, 2.75) is 25.3 Å². The van der Waals surface area contributed by atoms with Crippen LogP contribution in [-0.2, 0) is 11.2 Å². The number of carbonyl (C=O) groups is 1. The molecule has 1 aromatic carbocycles. The third-order valence-electron chi connectivity index (χ3n) is 4.42. The highest BCUT2D eigenvalue weighted by atomic mass is 32.1. The minimum Gasteiger partial charge on any atom is -0.326 e. The Balaban J connectivity index is 1.28. The van der Waals surface area contributed by atoms with E-state index in [0.717, 1.165) is 45.5 Å². The van der Waals surface area contributed by atoms with Gasteiger partial charge in [0.05, 0.1) is 23.0 Å². The van der Waals surface area contributed by atoms with Crippen molar-refractivity contribution in [1.29, 1.82) is 0 Å². The van der Waals surface area contributed by atoms with E-state index in [0.29, 0.717) is 6.04 Å². The Morgan fingerprint density at radius 2 is 2.14 bits per heavy atom. The summed E-state index contributed by atoms with van der Waals surface area (Å²) in [5.41, 5.74) is 2.39. The molecular formula is C19H16N6OS2. The van der Waals surface area contributed by atoms with E-state index in [-0.39, 0.29) is 12.3 Å². The molecule has 3 heterocycles. The molecule has 1 saturated carbocycles. The van der Waals surface area contributed by atoms with Crippen LogP contribution in [0.2, 0.25) is 0 Å². The van der Waals surface area contributed by atoms with Gasteiger partial charge in [-0.05, 0) is 46.8 Å². The second-order valence-corrected chi connectivity index (χ2v) is 8.41. The zero-order chi connectivity index (χ0) is 18.9. The zero-order valence-electron chi connectivity index (χ0n) is 14.8. The number of tetrazole rings is 1. The maximum Gasteiger partial charge on any atom is 0.230 e. The second-order valence-electron chi connectivity index (χ2n) is 6.61. The number of nitrogens with zero attached hydrogens (tertiary/aromatic N) is 5. The number of carbonyl (C=O) groups excluding carboxylic acids is 1. The number of amides is 1. The molecule has 0 spiro atoms. The van der Waals surface area contributed by atoms with Crippen LogP contribution in [0.3, 0.4) is 0 Å². The Morgan fingerprint density at radius 1 is 1.21 bits per heavy atom. The highest BCUT2D eigenvalue weighted by molar-refractivity contribution is 7.20. The van der Waals surface area contributed by atoms with E-state index in [1.54, 1.807) is 22.7 Å². The molecule has 0 saturated heterocycles. The van der Waals surface area contributed by atoms with Gasteiger partial charge in [-0.3, -0.25) is 4.79 Å². The molecule has 7 nitrogen and oxygen atoms in total. The molecule has 0 aliphatic heterocycles. The number of thiazole rings is 1. The predicted octanol–water partition coefficient (Wildman–Crippen LogP) is 4.04. The first-order valence-electron chi connectivity index (χ1n) is 8.93. The molecule has 0 bridgehead atoms. The highest BCUT2D eigenvalue weighted by Gasteiger charge is 2.28. The number of nitrogens with one attached hydrogen (secondary N) is 1. The van der Waals surface area contributed by atoms with Crippen LogP contribution in [0.15, 0.2) is 47.2 Å². The molecule has 1 N–H and O–H groups in total. The molecule has 9 heteroatoms. The lowest BCUT2D eigenvalue weighted by Crippen LogP contribution is -2.14. The molecule has 1 aliphatic rings. The average Bonchev–Trinajstić information content (AvgIpc) is 3.11. The lowest BCUT2D eigenvalue weighted by atomic mass is 10.2. The van der Waals surface area contributed by atoms with E-state index in [4.69, 9.17) is 0 Å². The number of benzene rings is 1. The molecule has 0 unspecified atom stereocenters. The van der Waals surface area contributed by atoms with Gasteiger partial charge in [0, 0.05) is 16.6 Å². The van der Waals surface area contributed by atoms with Gasteiger partial charge in [0.25, 0.3) is 0 Å². The van der Waals surface area contributed by atoms with Crippen molar-refractivity contribution in [3.8, 4) is 21.3 Å². The summed E-state index contributed by atoms with van der Waals surface area (Å²) in [6.45, 7) is 0. The standard InChI is InChI=1S/C19H16N6OS2/c26-17(10-14-11-28-19(21-14)16-5-2-8-27-16)20-13-4-1-3-12(9-13)18-22-23-24-25(18)15-6-7-15/h1-5,8-9,11,15H,6-7,10H2,(H,20,26). The lowest BCUT2D eigenvalue weighted by molar-refractivity contribution is -0.115. The fourth-order valence-corrected chi connectivity index (χ4v) is 4.59. The van der Waals surface area contributed by atoms with Gasteiger partial charge in [0.1, 0.15) is 5.01 Å². The maximum absolute atomic E-state index is 12.5. The molecule has 140 valence electrons. The van der Waals surface area contributed by atoms with Crippen molar-refractivity contribution in [2.75, 3.05) is 5.32 Å². The molecule has 4 aromatic rings. The lowest BCUT2D eigenvalue weighted by Gasteiger charge is -2.07. The summed E-state index contributed by atoms with van der Waals surface area (Å²) in [5.74, 6) is 0.639. The Morgan fingerprint density at radius 3 is 2.96 bits per heavy atom. The molecule has 0 atom stereocenters. The number of hydrogen-bond donors (Lipinski definition) is 1. The monoisotopic (exact) mass is 408 g/mol. The zero-order valence-corrected chi connectivity index (χ0v) is 16.4. The molecule has 1 amide bonds. The summed E-state index contributed by atoms with van der Waals surface area (Å²) in [6.07, 6.45) is 2.46.